The van der Waals surface area contributed by atoms with Gasteiger partial charge in [0, 0.05) is 40.5 Å². The summed E-state index contributed by atoms with van der Waals surface area (Å²) in [6.45, 7) is 2.48. The number of nitrogens with one attached hydrogen (secondary N) is 1. The molecule has 31 heavy (non-hydrogen) atoms. The number of unbranched alkanes of at least 4 members (excludes halogenated alkanes) is 2. The molecule has 160 valence electrons. The maximum atomic E-state index is 12.8. The van der Waals surface area contributed by atoms with Crippen LogP contribution in [-0.4, -0.2) is 52.3 Å². The number of carbonyl (C=O) groups excluding carboxylic acids is 1. The van der Waals surface area contributed by atoms with E-state index in [1.807, 2.05) is 24.4 Å². The van der Waals surface area contributed by atoms with E-state index in [1.54, 1.807) is 11.1 Å². The van der Waals surface area contributed by atoms with Gasteiger partial charge in [-0.25, -0.2) is 9.97 Å². The number of carbonyl (C=O) groups is 1. The Hall–Kier alpha value is -2.70. The van der Waals surface area contributed by atoms with Gasteiger partial charge in [0.1, 0.15) is 10.1 Å². The van der Waals surface area contributed by atoms with Gasteiger partial charge in [-0.1, -0.05) is 35.6 Å². The lowest BCUT2D eigenvalue weighted by molar-refractivity contribution is -0.122. The molecule has 1 aliphatic heterocycles. The number of aromatic nitrogens is 6. The van der Waals surface area contributed by atoms with Crippen LogP contribution in [0.2, 0.25) is 0 Å². The zero-order valence-corrected chi connectivity index (χ0v) is 19.2. The van der Waals surface area contributed by atoms with E-state index in [2.05, 4.69) is 30.6 Å². The van der Waals surface area contributed by atoms with E-state index in [9.17, 15) is 4.79 Å². The number of anilines is 1. The van der Waals surface area contributed by atoms with Crippen LogP contribution in [0.3, 0.4) is 0 Å². The van der Waals surface area contributed by atoms with Crippen LogP contribution in [0.5, 0.6) is 0 Å². The highest BCUT2D eigenvalue weighted by molar-refractivity contribution is 8.26. The standard InChI is InChI=1S/C19H20N8OS3/c1-11-9-21-17(22-16(11)20)12-7-13(30-10-12)8-14-18(28)27(19(29)31-14)6-4-2-3-5-15-23-25-26-24-15/h7-10H,2-6H2,1H3,(H2,20,21,22)(H,23,24,25,26)/b14-8-. The van der Waals surface area contributed by atoms with Gasteiger partial charge in [0.25, 0.3) is 5.91 Å². The summed E-state index contributed by atoms with van der Waals surface area (Å²) in [5.41, 5.74) is 7.61. The fourth-order valence-corrected chi connectivity index (χ4v) is 5.17. The lowest BCUT2D eigenvalue weighted by Crippen LogP contribution is -2.29. The molecule has 0 radical (unpaired) electrons. The van der Waals surface area contributed by atoms with Crippen LogP contribution >= 0.6 is 35.3 Å². The highest BCUT2D eigenvalue weighted by Gasteiger charge is 2.31. The average Bonchev–Trinajstić information content (AvgIpc) is 3.48. The molecule has 0 bridgehead atoms. The third kappa shape index (κ3) is 5.14. The molecule has 1 fully saturated rings. The molecule has 1 amide bonds. The van der Waals surface area contributed by atoms with Gasteiger partial charge in [0.2, 0.25) is 0 Å². The quantitative estimate of drug-likeness (QED) is 0.288. The molecular weight excluding hydrogens is 452 g/mol. The van der Waals surface area contributed by atoms with Crippen molar-refractivity contribution in [3.05, 3.63) is 38.8 Å². The van der Waals surface area contributed by atoms with Crippen molar-refractivity contribution in [2.24, 2.45) is 0 Å². The number of aromatic amines is 1. The number of hydrogen-bond donors (Lipinski definition) is 2. The van der Waals surface area contributed by atoms with E-state index in [-0.39, 0.29) is 5.91 Å². The Balaban J connectivity index is 1.34. The number of thiophene rings is 1. The number of H-pyrrole nitrogens is 1. The summed E-state index contributed by atoms with van der Waals surface area (Å²) < 4.78 is 0.598. The SMILES string of the molecule is Cc1cnc(-c2csc(/C=C3\SC(=S)N(CCCCCc4nn[nH]n4)C3=O)c2)nc1N. The summed E-state index contributed by atoms with van der Waals surface area (Å²) in [7, 11) is 0. The summed E-state index contributed by atoms with van der Waals surface area (Å²) in [6, 6.07) is 1.96. The molecule has 4 heterocycles. The fraction of sp³-hybridized carbons (Fsp3) is 0.316. The lowest BCUT2D eigenvalue weighted by Gasteiger charge is -2.13. The van der Waals surface area contributed by atoms with Crippen molar-refractivity contribution < 1.29 is 4.79 Å². The van der Waals surface area contributed by atoms with Gasteiger partial charge in [0.15, 0.2) is 11.6 Å². The Labute approximate surface area is 192 Å². The van der Waals surface area contributed by atoms with Crippen LogP contribution in [-0.2, 0) is 11.2 Å². The number of rotatable bonds is 8. The topological polar surface area (TPSA) is 127 Å². The largest absolute Gasteiger partial charge is 0.383 e. The van der Waals surface area contributed by atoms with Crippen molar-refractivity contribution in [1.29, 1.82) is 0 Å². The molecular formula is C19H20N8OS3. The molecule has 0 aliphatic carbocycles. The number of nitrogens with zero attached hydrogens (tertiary/aromatic N) is 6. The molecule has 0 spiro atoms. The van der Waals surface area contributed by atoms with Crippen LogP contribution < -0.4 is 5.73 Å². The van der Waals surface area contributed by atoms with Crippen molar-refractivity contribution in [2.45, 2.75) is 32.6 Å². The summed E-state index contributed by atoms with van der Waals surface area (Å²) >= 11 is 8.29. The van der Waals surface area contributed by atoms with Crippen LogP contribution in [0.25, 0.3) is 17.5 Å². The minimum atomic E-state index is -0.0426. The molecule has 12 heteroatoms. The van der Waals surface area contributed by atoms with Gasteiger partial charge in [-0.05, 0) is 31.9 Å². The maximum absolute atomic E-state index is 12.8. The van der Waals surface area contributed by atoms with Gasteiger partial charge >= 0.3 is 0 Å². The van der Waals surface area contributed by atoms with Gasteiger partial charge < -0.3 is 5.73 Å². The molecule has 4 rings (SSSR count). The van der Waals surface area contributed by atoms with Crippen LogP contribution in [0.15, 0.2) is 22.5 Å². The Kier molecular flexibility index (Phi) is 6.68. The molecule has 1 saturated heterocycles. The molecule has 3 N–H and O–H groups in total. The molecule has 3 aromatic heterocycles. The van der Waals surface area contributed by atoms with E-state index < -0.39 is 0 Å². The number of nitrogens with two attached hydrogens (primary N) is 1. The monoisotopic (exact) mass is 472 g/mol. The van der Waals surface area contributed by atoms with Crippen molar-refractivity contribution in [3.63, 3.8) is 0 Å². The summed E-state index contributed by atoms with van der Waals surface area (Å²) in [4.78, 5) is 24.7. The van der Waals surface area contributed by atoms with Crippen molar-refractivity contribution in [1.82, 2.24) is 35.5 Å². The van der Waals surface area contributed by atoms with Gasteiger partial charge in [0.05, 0.1) is 4.91 Å². The van der Waals surface area contributed by atoms with Gasteiger partial charge in [-0.2, -0.15) is 5.21 Å². The van der Waals surface area contributed by atoms with Crippen LogP contribution in [0, 0.1) is 6.92 Å². The molecule has 0 aromatic carbocycles. The van der Waals surface area contributed by atoms with Crippen molar-refractivity contribution >= 4 is 57.4 Å². The zero-order chi connectivity index (χ0) is 21.8. The van der Waals surface area contributed by atoms with Crippen molar-refractivity contribution in [2.75, 3.05) is 12.3 Å². The number of aryl methyl sites for hydroxylation is 2. The Morgan fingerprint density at radius 3 is 2.97 bits per heavy atom. The Bertz CT molecular complexity index is 1130. The van der Waals surface area contributed by atoms with Gasteiger partial charge in [-0.15, -0.1) is 21.5 Å². The number of amides is 1. The van der Waals surface area contributed by atoms with Crippen LogP contribution in [0.1, 0.15) is 35.5 Å². The first-order valence-corrected chi connectivity index (χ1v) is 11.8. The summed E-state index contributed by atoms with van der Waals surface area (Å²) in [5.74, 6) is 1.71. The first-order valence-electron chi connectivity index (χ1n) is 9.67. The number of thioether (sulfide) groups is 1. The second kappa shape index (κ2) is 9.62. The highest BCUT2D eigenvalue weighted by Crippen LogP contribution is 2.34. The molecule has 3 aromatic rings. The van der Waals surface area contributed by atoms with Crippen LogP contribution in [0.4, 0.5) is 5.82 Å². The Morgan fingerprint density at radius 2 is 2.19 bits per heavy atom. The zero-order valence-electron chi connectivity index (χ0n) is 16.7. The lowest BCUT2D eigenvalue weighted by atomic mass is 10.2. The van der Waals surface area contributed by atoms with E-state index in [0.717, 1.165) is 41.7 Å². The van der Waals surface area contributed by atoms with E-state index in [0.29, 0.717) is 33.2 Å². The molecule has 1 aliphatic rings. The summed E-state index contributed by atoms with van der Waals surface area (Å²) in [6.07, 6.45) is 7.12. The smallest absolute Gasteiger partial charge is 0.266 e. The predicted octanol–water partition coefficient (Wildman–Crippen LogP) is 3.22. The third-order valence-corrected chi connectivity index (χ3v) is 6.96. The first kappa shape index (κ1) is 21.5. The molecule has 9 nitrogen and oxygen atoms in total. The minimum absolute atomic E-state index is 0.0426. The highest BCUT2D eigenvalue weighted by atomic mass is 32.2. The molecule has 0 unspecified atom stereocenters. The number of hydrogen-bond acceptors (Lipinski definition) is 10. The second-order valence-corrected chi connectivity index (χ2v) is 9.59. The average molecular weight is 473 g/mol. The second-order valence-electron chi connectivity index (χ2n) is 6.97. The van der Waals surface area contributed by atoms with E-state index >= 15 is 0 Å². The normalized spacial score (nSPS) is 15.4. The van der Waals surface area contributed by atoms with E-state index in [4.69, 9.17) is 18.0 Å². The minimum Gasteiger partial charge on any atom is -0.383 e. The Morgan fingerprint density at radius 1 is 1.32 bits per heavy atom. The predicted molar refractivity (Wildman–Crippen MR) is 126 cm³/mol. The summed E-state index contributed by atoms with van der Waals surface area (Å²) in [5, 5.41) is 15.8. The number of nitrogen functional groups attached to an aromatic ring is 1. The number of thiocarbonyl (C=S) groups is 1. The first-order chi connectivity index (χ1) is 15.0. The fourth-order valence-electron chi connectivity index (χ4n) is 2.98. The van der Waals surface area contributed by atoms with Crippen molar-refractivity contribution in [3.8, 4) is 11.4 Å². The molecule has 0 saturated carbocycles. The molecule has 0 atom stereocenters. The van der Waals surface area contributed by atoms with Gasteiger partial charge in [-0.3, -0.25) is 9.69 Å². The maximum Gasteiger partial charge on any atom is 0.266 e. The number of tetrazole rings is 1. The third-order valence-electron chi connectivity index (χ3n) is 4.71. The van der Waals surface area contributed by atoms with E-state index in [1.165, 1.54) is 23.1 Å².